The number of esters is 1. The summed E-state index contributed by atoms with van der Waals surface area (Å²) in [5, 5.41) is 0. The number of nitrogens with zero attached hydrogens (tertiary/aromatic N) is 1. The highest BCUT2D eigenvalue weighted by atomic mass is 31.2. The van der Waals surface area contributed by atoms with Crippen molar-refractivity contribution in [3.8, 4) is 0 Å². The van der Waals surface area contributed by atoms with Crippen LogP contribution in [0, 0.1) is 0 Å². The largest absolute Gasteiger partial charge is 0.756 e. The highest BCUT2D eigenvalue weighted by Gasteiger charge is 2.25. The second kappa shape index (κ2) is 20.4. The summed E-state index contributed by atoms with van der Waals surface area (Å²) in [6.45, 7) is 16.2. The first-order valence-corrected chi connectivity index (χ1v) is 15.3. The standard InChI is InChI=1S/C22H44NO6P.H3O4P/c1-6-9-14-23(15-10-7-2,16-11-8-3)17-12-19-28-30(25,26)29-20-13-18-27-22(24)21(4)5;1-5(2,3)4/h4,6-20H2,1-3,5H3;(H3,1,2,3,4). The third kappa shape index (κ3) is 24.8. The highest BCUT2D eigenvalue weighted by Crippen LogP contribution is 2.38. The molecular weight excluding hydrogens is 500 g/mol. The number of rotatable bonds is 20. The molecule has 0 aromatic carbocycles. The van der Waals surface area contributed by atoms with Gasteiger partial charge in [-0.3, -0.25) is 4.57 Å². The molecule has 0 heterocycles. The third-order valence-corrected chi connectivity index (χ3v) is 6.10. The van der Waals surface area contributed by atoms with Crippen LogP contribution >= 0.6 is 15.6 Å². The van der Waals surface area contributed by atoms with Crippen molar-refractivity contribution in [2.45, 2.75) is 79.1 Å². The average molecular weight is 548 g/mol. The van der Waals surface area contributed by atoms with Gasteiger partial charge >= 0.3 is 13.8 Å². The maximum absolute atomic E-state index is 11.9. The van der Waals surface area contributed by atoms with Gasteiger partial charge < -0.3 is 37.8 Å². The van der Waals surface area contributed by atoms with E-state index in [1.807, 2.05) is 0 Å². The summed E-state index contributed by atoms with van der Waals surface area (Å²) >= 11 is 0. The molecule has 210 valence electrons. The van der Waals surface area contributed by atoms with Crippen LogP contribution < -0.4 is 4.89 Å². The van der Waals surface area contributed by atoms with Gasteiger partial charge in [0.25, 0.3) is 7.82 Å². The van der Waals surface area contributed by atoms with E-state index in [9.17, 15) is 14.3 Å². The smallest absolute Gasteiger partial charge is 0.466 e. The molecule has 13 heteroatoms. The van der Waals surface area contributed by atoms with Gasteiger partial charge in [0, 0.05) is 18.4 Å². The number of unbranched alkanes of at least 4 members (excludes halogenated alkanes) is 3. The molecule has 0 bridgehead atoms. The summed E-state index contributed by atoms with van der Waals surface area (Å²) in [6, 6.07) is 0. The second-order valence-electron chi connectivity index (χ2n) is 8.55. The zero-order valence-corrected chi connectivity index (χ0v) is 23.6. The Labute approximate surface area is 210 Å². The zero-order valence-electron chi connectivity index (χ0n) is 21.9. The number of hydrogen-bond donors (Lipinski definition) is 3. The van der Waals surface area contributed by atoms with E-state index in [0.29, 0.717) is 12.0 Å². The molecule has 3 N–H and O–H groups in total. The van der Waals surface area contributed by atoms with Crippen LogP contribution in [0.4, 0.5) is 0 Å². The summed E-state index contributed by atoms with van der Waals surface area (Å²) in [7, 11) is -8.97. The van der Waals surface area contributed by atoms with Gasteiger partial charge in [0.2, 0.25) is 0 Å². The van der Waals surface area contributed by atoms with E-state index in [1.165, 1.54) is 38.5 Å². The van der Waals surface area contributed by atoms with Gasteiger partial charge in [0.05, 0.1) is 46.0 Å². The minimum absolute atomic E-state index is 0.0756. The van der Waals surface area contributed by atoms with E-state index in [1.54, 1.807) is 6.92 Å². The lowest BCUT2D eigenvalue weighted by atomic mass is 10.1. The van der Waals surface area contributed by atoms with E-state index in [2.05, 4.69) is 27.4 Å². The van der Waals surface area contributed by atoms with Gasteiger partial charge in [-0.05, 0) is 26.2 Å². The third-order valence-electron chi connectivity index (χ3n) is 5.10. The maximum Gasteiger partial charge on any atom is 0.466 e. The quantitative estimate of drug-likeness (QED) is 0.0674. The lowest BCUT2D eigenvalue weighted by Gasteiger charge is -2.39. The van der Waals surface area contributed by atoms with Gasteiger partial charge in [-0.1, -0.05) is 46.6 Å². The molecule has 0 aliphatic rings. The molecule has 0 saturated carbocycles. The molecule has 0 saturated heterocycles. The molecule has 1 atom stereocenters. The van der Waals surface area contributed by atoms with Crippen LogP contribution in [-0.4, -0.2) is 71.1 Å². The summed E-state index contributed by atoms with van der Waals surface area (Å²) in [5.41, 5.74) is 0.306. The number of ether oxygens (including phenoxy) is 1. The van der Waals surface area contributed by atoms with Crippen molar-refractivity contribution in [3.63, 3.8) is 0 Å². The van der Waals surface area contributed by atoms with Crippen LogP contribution in [0.3, 0.4) is 0 Å². The van der Waals surface area contributed by atoms with E-state index >= 15 is 0 Å². The Bertz CT molecular complexity index is 639. The van der Waals surface area contributed by atoms with E-state index < -0.39 is 21.6 Å². The summed E-state index contributed by atoms with van der Waals surface area (Å²) in [4.78, 5) is 44.7. The number of carbonyl (C=O) groups excluding carboxylic acids is 1. The van der Waals surface area contributed by atoms with Gasteiger partial charge in [-0.2, -0.15) is 0 Å². The van der Waals surface area contributed by atoms with Crippen LogP contribution in [-0.2, 0) is 27.7 Å². The predicted octanol–water partition coefficient (Wildman–Crippen LogP) is 3.68. The molecular formula is C22H47NO10P2. The number of quaternary nitrogens is 1. The van der Waals surface area contributed by atoms with Crippen LogP contribution in [0.2, 0.25) is 0 Å². The van der Waals surface area contributed by atoms with Crippen molar-refractivity contribution in [1.29, 1.82) is 0 Å². The number of phosphoric acid groups is 2. The Balaban J connectivity index is 0. The molecule has 0 aromatic heterocycles. The highest BCUT2D eigenvalue weighted by molar-refractivity contribution is 7.45. The normalized spacial score (nSPS) is 13.5. The van der Waals surface area contributed by atoms with Crippen LogP contribution in [0.15, 0.2) is 12.2 Å². The Kier molecular flexibility index (Phi) is 21.4. The Morgan fingerprint density at radius 1 is 0.800 bits per heavy atom. The zero-order chi connectivity index (χ0) is 27.4. The fraction of sp³-hybridized carbons (Fsp3) is 0.864. The molecule has 0 aliphatic carbocycles. The predicted molar refractivity (Wildman–Crippen MR) is 133 cm³/mol. The fourth-order valence-corrected chi connectivity index (χ4v) is 4.07. The Morgan fingerprint density at radius 2 is 1.17 bits per heavy atom. The van der Waals surface area contributed by atoms with Crippen molar-refractivity contribution in [2.24, 2.45) is 0 Å². The van der Waals surface area contributed by atoms with Gasteiger partial charge in [-0.15, -0.1) is 0 Å². The Morgan fingerprint density at radius 3 is 1.54 bits per heavy atom. The van der Waals surface area contributed by atoms with Crippen molar-refractivity contribution >= 4 is 21.6 Å². The number of carbonyl (C=O) groups is 1. The van der Waals surface area contributed by atoms with E-state index in [-0.39, 0.29) is 26.2 Å². The molecule has 35 heavy (non-hydrogen) atoms. The minimum atomic E-state index is -4.64. The molecule has 0 aliphatic heterocycles. The summed E-state index contributed by atoms with van der Waals surface area (Å²) < 4.78 is 36.7. The monoisotopic (exact) mass is 547 g/mol. The molecule has 11 nitrogen and oxygen atoms in total. The average Bonchev–Trinajstić information content (AvgIpc) is 2.75. The van der Waals surface area contributed by atoms with Gasteiger partial charge in [0.1, 0.15) is 0 Å². The summed E-state index contributed by atoms with van der Waals surface area (Å²) in [5.74, 6) is -0.493. The first-order valence-electron chi connectivity index (χ1n) is 12.3. The minimum Gasteiger partial charge on any atom is -0.756 e. The first kappa shape index (κ1) is 36.5. The molecule has 0 spiro atoms. The number of hydrogen-bond acceptors (Lipinski definition) is 7. The van der Waals surface area contributed by atoms with Gasteiger partial charge in [0.15, 0.2) is 0 Å². The van der Waals surface area contributed by atoms with Crippen LogP contribution in [0.1, 0.15) is 79.1 Å². The molecule has 0 amide bonds. The molecule has 0 fully saturated rings. The molecule has 1 unspecified atom stereocenters. The SMILES string of the molecule is C=C(C)C(=O)OCCCOP(=O)([O-])OCCC[N+](CCCC)(CCCC)CCCC.O=P(O)(O)O. The topological polar surface area (TPSA) is 163 Å². The van der Waals surface area contributed by atoms with Gasteiger partial charge in [-0.25, -0.2) is 9.36 Å². The maximum atomic E-state index is 11.9. The van der Waals surface area contributed by atoms with Crippen LogP contribution in [0.5, 0.6) is 0 Å². The molecule has 0 rings (SSSR count). The van der Waals surface area contributed by atoms with E-state index in [4.69, 9.17) is 33.0 Å². The van der Waals surface area contributed by atoms with Crippen molar-refractivity contribution < 1.29 is 51.8 Å². The van der Waals surface area contributed by atoms with Crippen molar-refractivity contribution in [2.75, 3.05) is 46.0 Å². The lowest BCUT2D eigenvalue weighted by Crippen LogP contribution is -2.51. The Hall–Kier alpha value is -0.610. The van der Waals surface area contributed by atoms with Crippen molar-refractivity contribution in [3.05, 3.63) is 12.2 Å². The van der Waals surface area contributed by atoms with Crippen LogP contribution in [0.25, 0.3) is 0 Å². The fourth-order valence-electron chi connectivity index (χ4n) is 3.29. The molecule has 0 radical (unpaired) electrons. The van der Waals surface area contributed by atoms with Crippen molar-refractivity contribution in [1.82, 2.24) is 0 Å². The van der Waals surface area contributed by atoms with E-state index in [0.717, 1.165) is 30.7 Å². The lowest BCUT2D eigenvalue weighted by molar-refractivity contribution is -0.929. The number of phosphoric ester groups is 1. The summed E-state index contributed by atoms with van der Waals surface area (Å²) in [6.07, 6.45) is 8.02. The molecule has 0 aromatic rings. The second-order valence-corrected chi connectivity index (χ2v) is 11.0. The first-order chi connectivity index (χ1) is 16.2.